The molecule has 1 aromatic carbocycles. The first-order chi connectivity index (χ1) is 10.8. The standard InChI is InChI=1S/C17H25FN4O/c1-17(2,3)15(23-5)11-22-16(20-4)21-10-13-8-12(9-19)6-7-14(13)18/h6-8,15H,10-11H2,1-5H3,(H2,20,21,22). The van der Waals surface area contributed by atoms with E-state index in [2.05, 4.69) is 36.4 Å². The van der Waals surface area contributed by atoms with Crippen LogP contribution in [0.5, 0.6) is 0 Å². The molecule has 1 atom stereocenters. The Morgan fingerprint density at radius 3 is 2.61 bits per heavy atom. The summed E-state index contributed by atoms with van der Waals surface area (Å²) >= 11 is 0. The molecule has 0 aromatic heterocycles. The van der Waals surface area contributed by atoms with E-state index in [-0.39, 0.29) is 23.9 Å². The van der Waals surface area contributed by atoms with E-state index in [9.17, 15) is 4.39 Å². The zero-order valence-electron chi connectivity index (χ0n) is 14.4. The Hall–Kier alpha value is -2.13. The van der Waals surface area contributed by atoms with Gasteiger partial charge in [0, 0.05) is 32.8 Å². The van der Waals surface area contributed by atoms with Gasteiger partial charge in [0.2, 0.25) is 0 Å². The maximum absolute atomic E-state index is 13.8. The summed E-state index contributed by atoms with van der Waals surface area (Å²) in [5.74, 6) is 0.203. The molecule has 5 nitrogen and oxygen atoms in total. The minimum absolute atomic E-state index is 0.00611. The van der Waals surface area contributed by atoms with E-state index in [1.165, 1.54) is 18.2 Å². The number of methoxy groups -OCH3 is 1. The van der Waals surface area contributed by atoms with Crippen LogP contribution in [-0.2, 0) is 11.3 Å². The number of benzene rings is 1. The van der Waals surface area contributed by atoms with Gasteiger partial charge in [-0.1, -0.05) is 20.8 Å². The van der Waals surface area contributed by atoms with Gasteiger partial charge in [-0.15, -0.1) is 0 Å². The van der Waals surface area contributed by atoms with Gasteiger partial charge in [0.1, 0.15) is 5.82 Å². The minimum atomic E-state index is -0.351. The van der Waals surface area contributed by atoms with Crippen LogP contribution in [0.4, 0.5) is 4.39 Å². The Kier molecular flexibility index (Phi) is 6.98. The molecule has 0 amide bonds. The van der Waals surface area contributed by atoms with E-state index in [1.807, 2.05) is 6.07 Å². The fourth-order valence-corrected chi connectivity index (χ4v) is 2.11. The van der Waals surface area contributed by atoms with Crippen molar-refractivity contribution >= 4 is 5.96 Å². The van der Waals surface area contributed by atoms with Crippen LogP contribution in [0, 0.1) is 22.6 Å². The van der Waals surface area contributed by atoms with Crippen LogP contribution in [0.1, 0.15) is 31.9 Å². The molecule has 1 unspecified atom stereocenters. The molecule has 0 radical (unpaired) electrons. The maximum Gasteiger partial charge on any atom is 0.191 e. The lowest BCUT2D eigenvalue weighted by Crippen LogP contribution is -2.45. The topological polar surface area (TPSA) is 69.4 Å². The number of halogens is 1. The van der Waals surface area contributed by atoms with E-state index in [4.69, 9.17) is 10.00 Å². The quantitative estimate of drug-likeness (QED) is 0.646. The van der Waals surface area contributed by atoms with Crippen LogP contribution in [-0.4, -0.2) is 32.8 Å². The lowest BCUT2D eigenvalue weighted by atomic mass is 9.89. The summed E-state index contributed by atoms with van der Waals surface area (Å²) in [6.07, 6.45) is 0.0136. The largest absolute Gasteiger partial charge is 0.379 e. The second-order valence-corrected chi connectivity index (χ2v) is 6.32. The molecule has 23 heavy (non-hydrogen) atoms. The molecule has 1 rings (SSSR count). The Morgan fingerprint density at radius 1 is 1.39 bits per heavy atom. The fraction of sp³-hybridized carbons (Fsp3) is 0.529. The van der Waals surface area contributed by atoms with Crippen molar-refractivity contribution in [2.24, 2.45) is 10.4 Å². The van der Waals surface area contributed by atoms with Crippen molar-refractivity contribution in [3.63, 3.8) is 0 Å². The van der Waals surface area contributed by atoms with E-state index in [1.54, 1.807) is 14.2 Å². The molecule has 0 aliphatic rings. The average molecular weight is 320 g/mol. The number of aliphatic imine (C=N–C) groups is 1. The van der Waals surface area contributed by atoms with Crippen molar-refractivity contribution in [3.8, 4) is 6.07 Å². The molecular formula is C17H25FN4O. The summed E-state index contributed by atoms with van der Waals surface area (Å²) < 4.78 is 19.2. The third-order valence-electron chi connectivity index (χ3n) is 3.55. The van der Waals surface area contributed by atoms with Crippen LogP contribution in [0.25, 0.3) is 0 Å². The van der Waals surface area contributed by atoms with Gasteiger partial charge in [-0.05, 0) is 23.6 Å². The molecule has 0 heterocycles. The summed E-state index contributed by atoms with van der Waals surface area (Å²) in [5, 5.41) is 15.1. The van der Waals surface area contributed by atoms with Crippen molar-refractivity contribution in [2.75, 3.05) is 20.7 Å². The molecule has 1 aromatic rings. The van der Waals surface area contributed by atoms with Gasteiger partial charge in [0.25, 0.3) is 0 Å². The number of nitrogens with one attached hydrogen (secondary N) is 2. The molecule has 0 saturated heterocycles. The monoisotopic (exact) mass is 320 g/mol. The molecule has 0 saturated carbocycles. The highest BCUT2D eigenvalue weighted by Crippen LogP contribution is 2.20. The van der Waals surface area contributed by atoms with Gasteiger partial charge in [0.15, 0.2) is 5.96 Å². The van der Waals surface area contributed by atoms with Gasteiger partial charge in [-0.3, -0.25) is 4.99 Å². The Bertz CT molecular complexity index is 587. The minimum Gasteiger partial charge on any atom is -0.379 e. The summed E-state index contributed by atoms with van der Waals surface area (Å²) in [5.41, 5.74) is 0.845. The zero-order valence-corrected chi connectivity index (χ0v) is 14.4. The molecule has 0 aliphatic heterocycles. The summed E-state index contributed by atoms with van der Waals surface area (Å²) in [4.78, 5) is 4.12. The number of hydrogen-bond donors (Lipinski definition) is 2. The molecule has 2 N–H and O–H groups in total. The third-order valence-corrected chi connectivity index (χ3v) is 3.55. The number of guanidine groups is 1. The number of nitriles is 1. The first-order valence-electron chi connectivity index (χ1n) is 7.47. The highest BCUT2D eigenvalue weighted by atomic mass is 19.1. The zero-order chi connectivity index (χ0) is 17.5. The number of hydrogen-bond acceptors (Lipinski definition) is 3. The Balaban J connectivity index is 2.63. The Morgan fingerprint density at radius 2 is 2.09 bits per heavy atom. The van der Waals surface area contributed by atoms with Crippen molar-refractivity contribution in [2.45, 2.75) is 33.4 Å². The summed E-state index contributed by atoms with van der Waals surface area (Å²) in [6, 6.07) is 6.29. The lowest BCUT2D eigenvalue weighted by Gasteiger charge is -2.30. The fourth-order valence-electron chi connectivity index (χ4n) is 2.11. The second-order valence-electron chi connectivity index (χ2n) is 6.32. The van der Waals surface area contributed by atoms with Crippen LogP contribution < -0.4 is 10.6 Å². The predicted octanol–water partition coefficient (Wildman–Crippen LogP) is 2.42. The van der Waals surface area contributed by atoms with Gasteiger partial charge < -0.3 is 15.4 Å². The van der Waals surface area contributed by atoms with Crippen molar-refractivity contribution < 1.29 is 9.13 Å². The molecule has 0 spiro atoms. The summed E-state index contributed by atoms with van der Waals surface area (Å²) in [7, 11) is 3.33. The predicted molar refractivity (Wildman–Crippen MR) is 89.6 cm³/mol. The molecular weight excluding hydrogens is 295 g/mol. The van der Waals surface area contributed by atoms with Gasteiger partial charge in [-0.2, -0.15) is 5.26 Å². The van der Waals surface area contributed by atoms with E-state index >= 15 is 0 Å². The number of rotatable bonds is 5. The Labute approximate surface area is 137 Å². The lowest BCUT2D eigenvalue weighted by molar-refractivity contribution is 0.0205. The average Bonchev–Trinajstić information content (AvgIpc) is 2.51. The van der Waals surface area contributed by atoms with Gasteiger partial charge >= 0.3 is 0 Å². The molecule has 0 fully saturated rings. The maximum atomic E-state index is 13.8. The highest BCUT2D eigenvalue weighted by Gasteiger charge is 2.24. The van der Waals surface area contributed by atoms with Crippen molar-refractivity contribution in [1.82, 2.24) is 10.6 Å². The van der Waals surface area contributed by atoms with Crippen LogP contribution in [0.2, 0.25) is 0 Å². The SMILES string of the molecule is CN=C(NCc1cc(C#N)ccc1F)NCC(OC)C(C)(C)C. The van der Waals surface area contributed by atoms with E-state index in [0.717, 1.165) is 0 Å². The van der Waals surface area contributed by atoms with Gasteiger partial charge in [0.05, 0.1) is 17.7 Å². The smallest absolute Gasteiger partial charge is 0.191 e. The van der Waals surface area contributed by atoms with E-state index in [0.29, 0.717) is 23.6 Å². The van der Waals surface area contributed by atoms with E-state index < -0.39 is 0 Å². The summed E-state index contributed by atoms with van der Waals surface area (Å²) in [6.45, 7) is 7.12. The number of nitrogens with zero attached hydrogens (tertiary/aromatic N) is 2. The first kappa shape index (κ1) is 18.9. The van der Waals surface area contributed by atoms with Gasteiger partial charge in [-0.25, -0.2) is 4.39 Å². The first-order valence-corrected chi connectivity index (χ1v) is 7.47. The normalized spacial score (nSPS) is 13.3. The number of ether oxygens (including phenoxy) is 1. The van der Waals surface area contributed by atoms with Crippen molar-refractivity contribution in [1.29, 1.82) is 5.26 Å². The molecule has 126 valence electrons. The van der Waals surface area contributed by atoms with Crippen LogP contribution >= 0.6 is 0 Å². The van der Waals surface area contributed by atoms with Crippen molar-refractivity contribution in [3.05, 3.63) is 35.1 Å². The third kappa shape index (κ3) is 5.87. The molecule has 6 heteroatoms. The molecule has 0 bridgehead atoms. The van der Waals surface area contributed by atoms with Crippen LogP contribution in [0.15, 0.2) is 23.2 Å². The molecule has 0 aliphatic carbocycles. The second kappa shape index (κ2) is 8.49. The van der Waals surface area contributed by atoms with Crippen LogP contribution in [0.3, 0.4) is 0 Å². The highest BCUT2D eigenvalue weighted by molar-refractivity contribution is 5.79.